The van der Waals surface area contributed by atoms with E-state index in [-0.39, 0.29) is 22.4 Å². The Labute approximate surface area is 166 Å². The second-order valence-electron chi connectivity index (χ2n) is 5.49. The molecule has 1 amide bonds. The van der Waals surface area contributed by atoms with Crippen LogP contribution >= 0.6 is 27.7 Å². The summed E-state index contributed by atoms with van der Waals surface area (Å²) in [6.07, 6.45) is 0. The highest BCUT2D eigenvalue weighted by Crippen LogP contribution is 2.27. The molecule has 1 heterocycles. The zero-order chi connectivity index (χ0) is 19.4. The van der Waals surface area contributed by atoms with E-state index in [0.29, 0.717) is 5.89 Å². The Balaban J connectivity index is 1.62. The highest BCUT2D eigenvalue weighted by Gasteiger charge is 2.17. The molecule has 27 heavy (non-hydrogen) atoms. The predicted molar refractivity (Wildman–Crippen MR) is 105 cm³/mol. The van der Waals surface area contributed by atoms with Crippen molar-refractivity contribution in [3.05, 3.63) is 62.6 Å². The number of rotatable bonds is 6. The van der Waals surface area contributed by atoms with Crippen LogP contribution < -0.4 is 5.32 Å². The van der Waals surface area contributed by atoms with Gasteiger partial charge in [-0.2, -0.15) is 0 Å². The van der Waals surface area contributed by atoms with Gasteiger partial charge >= 0.3 is 0 Å². The average Bonchev–Trinajstić information content (AvgIpc) is 3.11. The lowest BCUT2D eigenvalue weighted by Crippen LogP contribution is -2.15. The summed E-state index contributed by atoms with van der Waals surface area (Å²) < 4.78 is 6.46. The molecule has 0 saturated carbocycles. The van der Waals surface area contributed by atoms with Crippen LogP contribution in [-0.4, -0.2) is 26.8 Å². The summed E-state index contributed by atoms with van der Waals surface area (Å²) in [4.78, 5) is 22.7. The summed E-state index contributed by atoms with van der Waals surface area (Å²) in [6.45, 7) is 1.74. The quantitative estimate of drug-likeness (QED) is 0.336. The Morgan fingerprint density at radius 2 is 2.00 bits per heavy atom. The van der Waals surface area contributed by atoms with Crippen molar-refractivity contribution in [1.29, 1.82) is 0 Å². The van der Waals surface area contributed by atoms with Gasteiger partial charge in [0, 0.05) is 16.1 Å². The topological polar surface area (TPSA) is 111 Å². The van der Waals surface area contributed by atoms with Crippen LogP contribution in [0, 0.1) is 17.0 Å². The maximum absolute atomic E-state index is 12.1. The van der Waals surface area contributed by atoms with Crippen LogP contribution in [0.3, 0.4) is 0 Å². The number of aryl methyl sites for hydroxylation is 1. The van der Waals surface area contributed by atoms with Gasteiger partial charge in [-0.3, -0.25) is 14.9 Å². The Bertz CT molecular complexity index is 991. The van der Waals surface area contributed by atoms with E-state index in [9.17, 15) is 14.9 Å². The molecule has 0 saturated heterocycles. The van der Waals surface area contributed by atoms with E-state index < -0.39 is 10.8 Å². The Kier molecular flexibility index (Phi) is 5.87. The van der Waals surface area contributed by atoms with Crippen molar-refractivity contribution in [1.82, 2.24) is 10.2 Å². The van der Waals surface area contributed by atoms with Crippen LogP contribution in [0.5, 0.6) is 0 Å². The largest absolute Gasteiger partial charge is 0.411 e. The molecule has 0 fully saturated rings. The number of aromatic nitrogens is 2. The van der Waals surface area contributed by atoms with Crippen molar-refractivity contribution in [2.75, 3.05) is 11.1 Å². The number of carbonyl (C=O) groups excluding carboxylic acids is 1. The molecule has 1 aromatic heterocycles. The van der Waals surface area contributed by atoms with Gasteiger partial charge in [0.05, 0.1) is 10.7 Å². The molecule has 0 radical (unpaired) electrons. The minimum absolute atomic E-state index is 0.0208. The van der Waals surface area contributed by atoms with Gasteiger partial charge in [-0.1, -0.05) is 33.8 Å². The Morgan fingerprint density at radius 3 is 2.70 bits per heavy atom. The van der Waals surface area contributed by atoms with Gasteiger partial charge < -0.3 is 9.73 Å². The van der Waals surface area contributed by atoms with E-state index in [0.717, 1.165) is 27.4 Å². The lowest BCUT2D eigenvalue weighted by atomic mass is 10.2. The van der Waals surface area contributed by atoms with Crippen molar-refractivity contribution in [2.24, 2.45) is 0 Å². The summed E-state index contributed by atoms with van der Waals surface area (Å²) in [7, 11) is 0. The van der Waals surface area contributed by atoms with Gasteiger partial charge in [-0.25, -0.2) is 0 Å². The summed E-state index contributed by atoms with van der Waals surface area (Å²) in [5.74, 6) is -0.0811. The third kappa shape index (κ3) is 4.92. The first-order chi connectivity index (χ1) is 12.9. The monoisotopic (exact) mass is 448 g/mol. The number of nitrogens with zero attached hydrogens (tertiary/aromatic N) is 3. The third-order valence-corrected chi connectivity index (χ3v) is 4.80. The maximum Gasteiger partial charge on any atom is 0.293 e. The molecule has 0 unspecified atom stereocenters. The molecule has 10 heteroatoms. The van der Waals surface area contributed by atoms with Crippen LogP contribution in [0.25, 0.3) is 11.5 Å². The highest BCUT2D eigenvalue weighted by molar-refractivity contribution is 9.10. The Morgan fingerprint density at radius 1 is 1.26 bits per heavy atom. The number of nitro groups is 1. The molecule has 138 valence electrons. The molecule has 0 bridgehead atoms. The molecule has 2 aromatic carbocycles. The van der Waals surface area contributed by atoms with Gasteiger partial charge in [0.25, 0.3) is 10.9 Å². The van der Waals surface area contributed by atoms with Gasteiger partial charge in [0.1, 0.15) is 5.69 Å². The number of carbonyl (C=O) groups is 1. The van der Waals surface area contributed by atoms with E-state index >= 15 is 0 Å². The summed E-state index contributed by atoms with van der Waals surface area (Å²) >= 11 is 4.40. The standard InChI is InChI=1S/C17H13BrN4O4S/c1-10-2-7-13(14(8-10)22(24)25)19-15(23)9-27-17-21-20-16(26-17)11-3-5-12(18)6-4-11/h2-8H,9H2,1H3,(H,19,23). The number of halogens is 1. The molecule has 3 rings (SSSR count). The number of hydrogen-bond donors (Lipinski definition) is 1. The van der Waals surface area contributed by atoms with Crippen molar-refractivity contribution < 1.29 is 14.1 Å². The normalized spacial score (nSPS) is 10.6. The Hall–Kier alpha value is -2.72. The van der Waals surface area contributed by atoms with E-state index in [4.69, 9.17) is 4.42 Å². The fraction of sp³-hybridized carbons (Fsp3) is 0.118. The minimum Gasteiger partial charge on any atom is -0.411 e. The maximum atomic E-state index is 12.1. The number of benzene rings is 2. The molecule has 3 aromatic rings. The first-order valence-corrected chi connectivity index (χ1v) is 9.47. The second-order valence-corrected chi connectivity index (χ2v) is 7.34. The van der Waals surface area contributed by atoms with Crippen molar-refractivity contribution >= 4 is 45.0 Å². The fourth-order valence-electron chi connectivity index (χ4n) is 2.19. The summed E-state index contributed by atoms with van der Waals surface area (Å²) in [5.41, 5.74) is 1.50. The number of thioether (sulfide) groups is 1. The van der Waals surface area contributed by atoms with Gasteiger partial charge in [-0.15, -0.1) is 10.2 Å². The summed E-state index contributed by atoms with van der Waals surface area (Å²) in [5, 5.41) is 21.7. The minimum atomic E-state index is -0.530. The molecular weight excluding hydrogens is 436 g/mol. The molecular formula is C17H13BrN4O4S. The van der Waals surface area contributed by atoms with Crippen LogP contribution in [-0.2, 0) is 4.79 Å². The number of hydrogen-bond acceptors (Lipinski definition) is 7. The molecule has 0 aliphatic rings. The highest BCUT2D eigenvalue weighted by atomic mass is 79.9. The molecule has 8 nitrogen and oxygen atoms in total. The second kappa shape index (κ2) is 8.31. The first-order valence-electron chi connectivity index (χ1n) is 7.69. The third-order valence-electron chi connectivity index (χ3n) is 3.45. The van der Waals surface area contributed by atoms with Crippen LogP contribution in [0.1, 0.15) is 5.56 Å². The number of amides is 1. The van der Waals surface area contributed by atoms with Gasteiger partial charge in [0.2, 0.25) is 11.8 Å². The van der Waals surface area contributed by atoms with Gasteiger partial charge in [0.15, 0.2) is 0 Å². The molecule has 0 atom stereocenters. The fourth-order valence-corrected chi connectivity index (χ4v) is 3.02. The van der Waals surface area contributed by atoms with E-state index in [1.807, 2.05) is 24.3 Å². The van der Waals surface area contributed by atoms with Crippen LogP contribution in [0.4, 0.5) is 11.4 Å². The average molecular weight is 449 g/mol. The number of nitro benzene ring substituents is 1. The molecule has 1 N–H and O–H groups in total. The van der Waals surface area contributed by atoms with Gasteiger partial charge in [-0.05, 0) is 42.8 Å². The number of nitrogens with one attached hydrogen (secondary N) is 1. The lowest BCUT2D eigenvalue weighted by Gasteiger charge is -2.05. The van der Waals surface area contributed by atoms with E-state index in [1.165, 1.54) is 12.1 Å². The van der Waals surface area contributed by atoms with E-state index in [2.05, 4.69) is 31.4 Å². The molecule has 0 spiro atoms. The van der Waals surface area contributed by atoms with Crippen LogP contribution in [0.15, 0.2) is 56.6 Å². The smallest absolute Gasteiger partial charge is 0.293 e. The predicted octanol–water partition coefficient (Wildman–Crippen LogP) is 4.45. The SMILES string of the molecule is Cc1ccc(NC(=O)CSc2nnc(-c3ccc(Br)cc3)o2)c([N+](=O)[O-])c1. The van der Waals surface area contributed by atoms with Crippen LogP contribution in [0.2, 0.25) is 0 Å². The van der Waals surface area contributed by atoms with E-state index in [1.54, 1.807) is 13.0 Å². The van der Waals surface area contributed by atoms with Crippen molar-refractivity contribution in [3.8, 4) is 11.5 Å². The molecule has 0 aliphatic carbocycles. The van der Waals surface area contributed by atoms with Crippen molar-refractivity contribution in [2.45, 2.75) is 12.1 Å². The lowest BCUT2D eigenvalue weighted by molar-refractivity contribution is -0.384. The first kappa shape index (κ1) is 19.1. The number of anilines is 1. The summed E-state index contributed by atoms with van der Waals surface area (Å²) in [6, 6.07) is 12.0. The zero-order valence-electron chi connectivity index (χ0n) is 14.0. The molecule has 0 aliphatic heterocycles. The zero-order valence-corrected chi connectivity index (χ0v) is 16.4. The van der Waals surface area contributed by atoms with Crippen molar-refractivity contribution in [3.63, 3.8) is 0 Å².